The van der Waals surface area contributed by atoms with Gasteiger partial charge in [0, 0.05) is 21.9 Å². The van der Waals surface area contributed by atoms with Gasteiger partial charge in [0.25, 0.3) is 0 Å². The van der Waals surface area contributed by atoms with Crippen LogP contribution in [0.5, 0.6) is 0 Å². The largest absolute Gasteiger partial charge is 0.381 e. The molecular formula is C14H12F2IN. The van der Waals surface area contributed by atoms with E-state index in [1.165, 1.54) is 12.1 Å². The van der Waals surface area contributed by atoms with Crippen molar-refractivity contribution in [2.45, 2.75) is 13.5 Å². The Morgan fingerprint density at radius 2 is 1.72 bits per heavy atom. The molecule has 0 saturated carbocycles. The minimum atomic E-state index is -0.550. The monoisotopic (exact) mass is 359 g/mol. The summed E-state index contributed by atoms with van der Waals surface area (Å²) in [7, 11) is 0. The molecule has 2 rings (SSSR count). The molecule has 0 unspecified atom stereocenters. The zero-order chi connectivity index (χ0) is 13.1. The lowest BCUT2D eigenvalue weighted by molar-refractivity contribution is 0.580. The highest BCUT2D eigenvalue weighted by Gasteiger charge is 2.02. The van der Waals surface area contributed by atoms with Crippen molar-refractivity contribution in [3.63, 3.8) is 0 Å². The van der Waals surface area contributed by atoms with Gasteiger partial charge < -0.3 is 5.32 Å². The van der Waals surface area contributed by atoms with Gasteiger partial charge >= 0.3 is 0 Å². The number of hydrogen-bond donors (Lipinski definition) is 1. The molecule has 4 heteroatoms. The maximum absolute atomic E-state index is 13.0. The molecule has 94 valence electrons. The summed E-state index contributed by atoms with van der Waals surface area (Å²) in [5, 5.41) is 3.17. The summed E-state index contributed by atoms with van der Waals surface area (Å²) in [6, 6.07) is 9.54. The Morgan fingerprint density at radius 3 is 2.33 bits per heavy atom. The van der Waals surface area contributed by atoms with Crippen molar-refractivity contribution in [1.29, 1.82) is 0 Å². The summed E-state index contributed by atoms with van der Waals surface area (Å²) in [6.07, 6.45) is 0. The summed E-state index contributed by atoms with van der Waals surface area (Å²) >= 11 is 2.24. The Balaban J connectivity index is 2.11. The van der Waals surface area contributed by atoms with Crippen molar-refractivity contribution in [3.05, 3.63) is 62.7 Å². The first-order valence-corrected chi connectivity index (χ1v) is 6.57. The van der Waals surface area contributed by atoms with Gasteiger partial charge in [-0.1, -0.05) is 0 Å². The molecule has 0 radical (unpaired) electrons. The SMILES string of the molecule is Cc1cc(I)ccc1NCc1cc(F)cc(F)c1. The van der Waals surface area contributed by atoms with Gasteiger partial charge in [-0.25, -0.2) is 8.78 Å². The van der Waals surface area contributed by atoms with Crippen LogP contribution in [0.25, 0.3) is 0 Å². The Morgan fingerprint density at radius 1 is 1.06 bits per heavy atom. The summed E-state index contributed by atoms with van der Waals surface area (Å²) in [6.45, 7) is 2.40. The van der Waals surface area contributed by atoms with Crippen molar-refractivity contribution in [1.82, 2.24) is 0 Å². The van der Waals surface area contributed by atoms with E-state index < -0.39 is 11.6 Å². The van der Waals surface area contributed by atoms with E-state index in [0.29, 0.717) is 12.1 Å². The fraction of sp³-hybridized carbons (Fsp3) is 0.143. The minimum Gasteiger partial charge on any atom is -0.381 e. The number of rotatable bonds is 3. The Labute approximate surface area is 118 Å². The molecule has 0 heterocycles. The highest BCUT2D eigenvalue weighted by atomic mass is 127. The second kappa shape index (κ2) is 5.65. The van der Waals surface area contributed by atoms with Crippen molar-refractivity contribution < 1.29 is 8.78 Å². The third-order valence-electron chi connectivity index (χ3n) is 2.59. The first kappa shape index (κ1) is 13.3. The van der Waals surface area contributed by atoms with E-state index in [-0.39, 0.29) is 0 Å². The molecule has 0 saturated heterocycles. The highest BCUT2D eigenvalue weighted by molar-refractivity contribution is 14.1. The van der Waals surface area contributed by atoms with Gasteiger partial charge in [-0.15, -0.1) is 0 Å². The van der Waals surface area contributed by atoms with Gasteiger partial charge in [-0.2, -0.15) is 0 Å². The molecule has 0 aliphatic heterocycles. The number of hydrogen-bond acceptors (Lipinski definition) is 1. The van der Waals surface area contributed by atoms with Gasteiger partial charge in [0.05, 0.1) is 0 Å². The molecule has 0 aliphatic carbocycles. The Hall–Kier alpha value is -1.17. The van der Waals surface area contributed by atoms with E-state index >= 15 is 0 Å². The number of benzene rings is 2. The molecule has 0 fully saturated rings. The second-order valence-electron chi connectivity index (χ2n) is 4.09. The molecule has 0 spiro atoms. The third-order valence-corrected chi connectivity index (χ3v) is 3.26. The third kappa shape index (κ3) is 3.41. The molecule has 0 atom stereocenters. The van der Waals surface area contributed by atoms with Crippen LogP contribution >= 0.6 is 22.6 Å². The molecule has 1 N–H and O–H groups in total. The standard InChI is InChI=1S/C14H12F2IN/c1-9-4-13(17)2-3-14(9)18-8-10-5-11(15)7-12(16)6-10/h2-7,18H,8H2,1H3. The number of anilines is 1. The molecule has 1 nitrogen and oxygen atoms in total. The Bertz CT molecular complexity index is 549. The summed E-state index contributed by atoms with van der Waals surface area (Å²) in [4.78, 5) is 0. The molecule has 0 aliphatic rings. The molecular weight excluding hydrogens is 347 g/mol. The van der Waals surface area contributed by atoms with Crippen molar-refractivity contribution in [2.24, 2.45) is 0 Å². The predicted octanol–water partition coefficient (Wildman–Crippen LogP) is 4.49. The van der Waals surface area contributed by atoms with E-state index in [9.17, 15) is 8.78 Å². The first-order chi connectivity index (χ1) is 8.54. The maximum atomic E-state index is 13.0. The fourth-order valence-electron chi connectivity index (χ4n) is 1.74. The van der Waals surface area contributed by atoms with Crippen molar-refractivity contribution in [2.75, 3.05) is 5.32 Å². The fourth-order valence-corrected chi connectivity index (χ4v) is 2.38. The van der Waals surface area contributed by atoms with E-state index in [1.54, 1.807) is 0 Å². The van der Waals surface area contributed by atoms with Crippen LogP contribution in [-0.4, -0.2) is 0 Å². The van der Waals surface area contributed by atoms with E-state index in [4.69, 9.17) is 0 Å². The van der Waals surface area contributed by atoms with Gasteiger partial charge in [0.2, 0.25) is 0 Å². The first-order valence-electron chi connectivity index (χ1n) is 5.49. The summed E-state index contributed by atoms with van der Waals surface area (Å²) in [5.41, 5.74) is 2.67. The predicted molar refractivity (Wildman–Crippen MR) is 77.6 cm³/mol. The number of halogens is 3. The molecule has 2 aromatic carbocycles. The maximum Gasteiger partial charge on any atom is 0.126 e. The van der Waals surface area contributed by atoms with Crippen LogP contribution in [0, 0.1) is 22.1 Å². The van der Waals surface area contributed by atoms with Crippen LogP contribution < -0.4 is 5.32 Å². The average molecular weight is 359 g/mol. The van der Waals surface area contributed by atoms with Crippen LogP contribution in [-0.2, 0) is 6.54 Å². The molecule has 0 amide bonds. The van der Waals surface area contributed by atoms with Gasteiger partial charge in [0.1, 0.15) is 11.6 Å². The van der Waals surface area contributed by atoms with Crippen LogP contribution in [0.4, 0.5) is 14.5 Å². The van der Waals surface area contributed by atoms with Gasteiger partial charge in [0.15, 0.2) is 0 Å². The van der Waals surface area contributed by atoms with Gasteiger partial charge in [-0.3, -0.25) is 0 Å². The second-order valence-corrected chi connectivity index (χ2v) is 5.34. The van der Waals surface area contributed by atoms with Gasteiger partial charge in [-0.05, 0) is 71.0 Å². The smallest absolute Gasteiger partial charge is 0.126 e. The quantitative estimate of drug-likeness (QED) is 0.797. The topological polar surface area (TPSA) is 12.0 Å². The zero-order valence-corrected chi connectivity index (χ0v) is 12.0. The molecule has 2 aromatic rings. The number of nitrogens with one attached hydrogen (secondary N) is 1. The zero-order valence-electron chi connectivity index (χ0n) is 9.81. The van der Waals surface area contributed by atoms with Crippen LogP contribution in [0.15, 0.2) is 36.4 Å². The van der Waals surface area contributed by atoms with Crippen LogP contribution in [0.3, 0.4) is 0 Å². The highest BCUT2D eigenvalue weighted by Crippen LogP contribution is 2.19. The van der Waals surface area contributed by atoms with Crippen LogP contribution in [0.1, 0.15) is 11.1 Å². The number of aryl methyl sites for hydroxylation is 1. The normalized spacial score (nSPS) is 10.4. The summed E-state index contributed by atoms with van der Waals surface area (Å²) < 4.78 is 27.2. The van der Waals surface area contributed by atoms with Crippen LogP contribution in [0.2, 0.25) is 0 Å². The minimum absolute atomic E-state index is 0.399. The Kier molecular flexibility index (Phi) is 4.16. The van der Waals surface area contributed by atoms with E-state index in [0.717, 1.165) is 20.9 Å². The van der Waals surface area contributed by atoms with E-state index in [2.05, 4.69) is 34.0 Å². The summed E-state index contributed by atoms with van der Waals surface area (Å²) in [5.74, 6) is -1.10. The lowest BCUT2D eigenvalue weighted by Crippen LogP contribution is -2.02. The lowest BCUT2D eigenvalue weighted by Gasteiger charge is -2.10. The molecule has 18 heavy (non-hydrogen) atoms. The van der Waals surface area contributed by atoms with Crippen molar-refractivity contribution in [3.8, 4) is 0 Å². The van der Waals surface area contributed by atoms with Crippen molar-refractivity contribution >= 4 is 28.3 Å². The lowest BCUT2D eigenvalue weighted by atomic mass is 10.1. The average Bonchev–Trinajstić information content (AvgIpc) is 2.26. The van der Waals surface area contributed by atoms with E-state index in [1.807, 2.05) is 19.1 Å². The molecule has 0 bridgehead atoms. The molecule has 0 aromatic heterocycles.